The second kappa shape index (κ2) is 6.07. The number of rotatable bonds is 4. The maximum absolute atomic E-state index is 10.3. The lowest BCUT2D eigenvalue weighted by Crippen LogP contribution is -2.02. The monoisotopic (exact) mass is 308 g/mol. The highest BCUT2D eigenvalue weighted by molar-refractivity contribution is 5.75. The van der Waals surface area contributed by atoms with Gasteiger partial charge in [-0.25, -0.2) is 0 Å². The molecule has 2 aromatic carbocycles. The van der Waals surface area contributed by atoms with Crippen molar-refractivity contribution >= 4 is 11.0 Å². The quantitative estimate of drug-likeness (QED) is 0.769. The van der Waals surface area contributed by atoms with Gasteiger partial charge < -0.3 is 10.2 Å². The molecule has 23 heavy (non-hydrogen) atoms. The molecule has 0 radical (unpaired) electrons. The molecule has 0 aliphatic carbocycles. The molecule has 0 bridgehead atoms. The molecule has 1 aromatic heterocycles. The molecule has 6 nitrogen and oxygen atoms in total. The van der Waals surface area contributed by atoms with Gasteiger partial charge in [0.2, 0.25) is 0 Å². The van der Waals surface area contributed by atoms with Gasteiger partial charge >= 0.3 is 0 Å². The van der Waals surface area contributed by atoms with E-state index in [1.54, 1.807) is 12.1 Å². The molecule has 0 saturated carbocycles. The average Bonchev–Trinajstić information content (AvgIpc) is 2.99. The van der Waals surface area contributed by atoms with Crippen LogP contribution in [0.2, 0.25) is 0 Å². The van der Waals surface area contributed by atoms with E-state index in [2.05, 4.69) is 17.1 Å². The van der Waals surface area contributed by atoms with E-state index in [9.17, 15) is 5.11 Å². The number of aromatic nitrogens is 3. The number of hydrogen-bond acceptors (Lipinski definition) is 5. The van der Waals surface area contributed by atoms with E-state index in [0.717, 1.165) is 23.1 Å². The van der Waals surface area contributed by atoms with Crippen LogP contribution in [-0.4, -0.2) is 31.8 Å². The van der Waals surface area contributed by atoms with Crippen molar-refractivity contribution in [3.8, 4) is 17.5 Å². The third kappa shape index (κ3) is 2.74. The summed E-state index contributed by atoms with van der Waals surface area (Å²) in [4.78, 5) is 1.33. The summed E-state index contributed by atoms with van der Waals surface area (Å²) in [5.74, 6) is -0.162. The number of fused-ring (bicyclic) bond motifs is 1. The minimum absolute atomic E-state index is 0.0382. The van der Waals surface area contributed by atoms with Crippen molar-refractivity contribution in [2.75, 3.05) is 6.61 Å². The van der Waals surface area contributed by atoms with Crippen LogP contribution >= 0.6 is 0 Å². The average molecular weight is 308 g/mol. The fourth-order valence-electron chi connectivity index (χ4n) is 2.48. The topological polar surface area (TPSA) is 95.0 Å². The lowest BCUT2D eigenvalue weighted by molar-refractivity contribution is 0.299. The van der Waals surface area contributed by atoms with Gasteiger partial charge in [0.1, 0.15) is 22.8 Å². The first-order chi connectivity index (χ1) is 11.2. The Morgan fingerprint density at radius 3 is 2.61 bits per heavy atom. The van der Waals surface area contributed by atoms with Crippen LogP contribution in [-0.2, 0) is 12.8 Å². The van der Waals surface area contributed by atoms with Gasteiger partial charge in [-0.2, -0.15) is 5.26 Å². The van der Waals surface area contributed by atoms with Crippen molar-refractivity contribution in [1.82, 2.24) is 15.0 Å². The van der Waals surface area contributed by atoms with Gasteiger partial charge in [0, 0.05) is 6.61 Å². The number of hydrogen-bond donors (Lipinski definition) is 2. The van der Waals surface area contributed by atoms with Gasteiger partial charge in [0.15, 0.2) is 5.75 Å². The Balaban J connectivity index is 2.17. The summed E-state index contributed by atoms with van der Waals surface area (Å²) in [5.41, 5.74) is 3.82. The minimum Gasteiger partial charge on any atom is -0.504 e. The third-order valence-electron chi connectivity index (χ3n) is 3.74. The van der Waals surface area contributed by atoms with Crippen molar-refractivity contribution in [3.05, 3.63) is 47.0 Å². The minimum atomic E-state index is -0.162. The van der Waals surface area contributed by atoms with Crippen molar-refractivity contribution in [2.24, 2.45) is 0 Å². The fourth-order valence-corrected chi connectivity index (χ4v) is 2.48. The van der Waals surface area contributed by atoms with Gasteiger partial charge in [0.05, 0.1) is 5.56 Å². The summed E-state index contributed by atoms with van der Waals surface area (Å²) in [5, 5.41) is 37.3. The number of aliphatic hydroxyl groups excluding tert-OH is 1. The second-order valence-corrected chi connectivity index (χ2v) is 5.26. The zero-order valence-electron chi connectivity index (χ0n) is 12.7. The molecule has 0 aliphatic rings. The highest BCUT2D eigenvalue weighted by atomic mass is 16.3. The molecule has 0 amide bonds. The Bertz CT molecular complexity index is 909. The van der Waals surface area contributed by atoms with E-state index >= 15 is 0 Å². The standard InChI is InChI=1S/C17H16N4O2/c1-2-11-3-4-14-15(8-11)20-21(19-14)16-9-12(5-6-22)7-13(10-18)17(16)23/h3-4,7-9,22-23H,2,5-6H2,1H3. The van der Waals surface area contributed by atoms with Crippen LogP contribution in [0.15, 0.2) is 30.3 Å². The van der Waals surface area contributed by atoms with E-state index in [4.69, 9.17) is 10.4 Å². The van der Waals surface area contributed by atoms with Gasteiger partial charge in [-0.15, -0.1) is 15.0 Å². The number of phenols is 1. The number of phenolic OH excluding ortho intramolecular Hbond substituents is 1. The normalized spacial score (nSPS) is 10.8. The highest BCUT2D eigenvalue weighted by Gasteiger charge is 2.14. The summed E-state index contributed by atoms with van der Waals surface area (Å²) in [7, 11) is 0. The summed E-state index contributed by atoms with van der Waals surface area (Å²) < 4.78 is 0. The molecule has 1 heterocycles. The zero-order valence-corrected chi connectivity index (χ0v) is 12.7. The van der Waals surface area contributed by atoms with E-state index in [0.29, 0.717) is 17.6 Å². The number of benzene rings is 2. The number of nitrogens with zero attached hydrogens (tertiary/aromatic N) is 4. The second-order valence-electron chi connectivity index (χ2n) is 5.26. The van der Waals surface area contributed by atoms with Crippen LogP contribution in [0.4, 0.5) is 0 Å². The Morgan fingerprint density at radius 1 is 1.13 bits per heavy atom. The molecule has 0 unspecified atom stereocenters. The summed E-state index contributed by atoms with van der Waals surface area (Å²) in [6, 6.07) is 11.0. The predicted molar refractivity (Wildman–Crippen MR) is 85.4 cm³/mol. The maximum Gasteiger partial charge on any atom is 0.160 e. The molecular weight excluding hydrogens is 292 g/mol. The molecule has 0 saturated heterocycles. The van der Waals surface area contributed by atoms with E-state index in [1.165, 1.54) is 4.80 Å². The first kappa shape index (κ1) is 15.0. The van der Waals surface area contributed by atoms with Crippen LogP contribution in [0.1, 0.15) is 23.6 Å². The molecule has 0 atom stereocenters. The van der Waals surface area contributed by atoms with Gasteiger partial charge in [-0.05, 0) is 48.2 Å². The Kier molecular flexibility index (Phi) is 3.96. The smallest absolute Gasteiger partial charge is 0.160 e. The van der Waals surface area contributed by atoms with E-state index in [-0.39, 0.29) is 17.9 Å². The predicted octanol–water partition coefficient (Wildman–Crippen LogP) is 2.09. The molecular formula is C17H16N4O2. The first-order valence-electron chi connectivity index (χ1n) is 7.39. The van der Waals surface area contributed by atoms with Crippen molar-refractivity contribution in [1.29, 1.82) is 5.26 Å². The largest absolute Gasteiger partial charge is 0.504 e. The lowest BCUT2D eigenvalue weighted by atomic mass is 10.1. The Hall–Kier alpha value is -2.91. The molecule has 116 valence electrons. The molecule has 0 spiro atoms. The summed E-state index contributed by atoms with van der Waals surface area (Å²) >= 11 is 0. The third-order valence-corrected chi connectivity index (χ3v) is 3.74. The summed E-state index contributed by atoms with van der Waals surface area (Å²) in [6.07, 6.45) is 1.29. The maximum atomic E-state index is 10.3. The van der Waals surface area contributed by atoms with Gasteiger partial charge in [0.25, 0.3) is 0 Å². The Labute approximate surface area is 133 Å². The van der Waals surface area contributed by atoms with Crippen LogP contribution in [0.5, 0.6) is 5.75 Å². The highest BCUT2D eigenvalue weighted by Crippen LogP contribution is 2.28. The summed E-state index contributed by atoms with van der Waals surface area (Å²) in [6.45, 7) is 2.03. The fraction of sp³-hybridized carbons (Fsp3) is 0.235. The molecule has 3 aromatic rings. The van der Waals surface area contributed by atoms with Crippen molar-refractivity contribution < 1.29 is 10.2 Å². The molecule has 2 N–H and O–H groups in total. The number of aryl methyl sites for hydroxylation is 1. The molecule has 0 fully saturated rings. The Morgan fingerprint density at radius 2 is 1.91 bits per heavy atom. The number of nitriles is 1. The molecule has 6 heteroatoms. The number of aromatic hydroxyl groups is 1. The van der Waals surface area contributed by atoms with Gasteiger partial charge in [-0.1, -0.05) is 13.0 Å². The molecule has 0 aliphatic heterocycles. The lowest BCUT2D eigenvalue weighted by Gasteiger charge is -2.08. The van der Waals surface area contributed by atoms with E-state index < -0.39 is 0 Å². The van der Waals surface area contributed by atoms with Crippen LogP contribution in [0, 0.1) is 11.3 Å². The number of aliphatic hydroxyl groups is 1. The SMILES string of the molecule is CCc1ccc2nn(-c3cc(CCO)cc(C#N)c3O)nc2c1. The van der Waals surface area contributed by atoms with Gasteiger partial charge in [-0.3, -0.25) is 0 Å². The van der Waals surface area contributed by atoms with Crippen LogP contribution < -0.4 is 0 Å². The first-order valence-corrected chi connectivity index (χ1v) is 7.39. The van der Waals surface area contributed by atoms with E-state index in [1.807, 2.05) is 24.3 Å². The van der Waals surface area contributed by atoms with Crippen molar-refractivity contribution in [3.63, 3.8) is 0 Å². The van der Waals surface area contributed by atoms with Crippen LogP contribution in [0.3, 0.4) is 0 Å². The zero-order chi connectivity index (χ0) is 16.4. The molecule has 3 rings (SSSR count). The van der Waals surface area contributed by atoms with Crippen molar-refractivity contribution in [2.45, 2.75) is 19.8 Å². The van der Waals surface area contributed by atoms with Crippen LogP contribution in [0.25, 0.3) is 16.7 Å².